The molecule has 92 valence electrons. The van der Waals surface area contributed by atoms with Gasteiger partial charge in [0.15, 0.2) is 0 Å². The molecule has 0 aromatic carbocycles. The Balaban J connectivity index is 2.55. The van der Waals surface area contributed by atoms with E-state index in [2.05, 4.69) is 0 Å². The number of likely N-dealkylation sites (tertiary alicyclic amines) is 1. The fourth-order valence-corrected chi connectivity index (χ4v) is 1.75. The zero-order valence-electron chi connectivity index (χ0n) is 9.72. The number of carbonyl (C=O) groups is 2. The van der Waals surface area contributed by atoms with Gasteiger partial charge in [0, 0.05) is 20.1 Å². The van der Waals surface area contributed by atoms with E-state index in [1.54, 1.807) is 4.90 Å². The predicted octanol–water partition coefficient (Wildman–Crippen LogP) is -0.208. The van der Waals surface area contributed by atoms with E-state index in [1.165, 1.54) is 18.9 Å². The number of rotatable bonds is 3. The van der Waals surface area contributed by atoms with E-state index in [0.717, 1.165) is 6.42 Å². The van der Waals surface area contributed by atoms with Crippen LogP contribution in [0.5, 0.6) is 0 Å². The monoisotopic (exact) mass is 229 g/mol. The number of urea groups is 1. The standard InChI is InChI=1S/C10H19N3O3/c1-7(9(14)15)12(2)10(16)13-4-3-8(5-11)6-13/h7-8H,3-6,11H2,1-2H3,(H,14,15). The largest absolute Gasteiger partial charge is 0.480 e. The maximum atomic E-state index is 11.9. The quantitative estimate of drug-likeness (QED) is 0.701. The van der Waals surface area contributed by atoms with E-state index in [1.807, 2.05) is 0 Å². The third-order valence-electron chi connectivity index (χ3n) is 3.13. The lowest BCUT2D eigenvalue weighted by atomic mass is 10.1. The third-order valence-corrected chi connectivity index (χ3v) is 3.13. The molecular formula is C10H19N3O3. The SMILES string of the molecule is CC(C(=O)O)N(C)C(=O)N1CCC(CN)C1. The molecule has 2 amide bonds. The van der Waals surface area contributed by atoms with Gasteiger partial charge >= 0.3 is 12.0 Å². The van der Waals surface area contributed by atoms with Crippen LogP contribution in [-0.2, 0) is 4.79 Å². The van der Waals surface area contributed by atoms with Gasteiger partial charge in [-0.3, -0.25) is 0 Å². The summed E-state index contributed by atoms with van der Waals surface area (Å²) >= 11 is 0. The molecule has 1 fully saturated rings. The van der Waals surface area contributed by atoms with Gasteiger partial charge in [0.1, 0.15) is 6.04 Å². The summed E-state index contributed by atoms with van der Waals surface area (Å²) < 4.78 is 0. The zero-order chi connectivity index (χ0) is 12.3. The Morgan fingerprint density at radius 3 is 2.69 bits per heavy atom. The Morgan fingerprint density at radius 2 is 2.25 bits per heavy atom. The molecule has 6 nitrogen and oxygen atoms in total. The Hall–Kier alpha value is -1.30. The normalized spacial score (nSPS) is 21.9. The molecular weight excluding hydrogens is 210 g/mol. The number of nitrogens with zero attached hydrogens (tertiary/aromatic N) is 2. The molecule has 1 rings (SSSR count). The summed E-state index contributed by atoms with van der Waals surface area (Å²) in [5.41, 5.74) is 5.53. The Labute approximate surface area is 95.0 Å². The second kappa shape index (κ2) is 5.16. The molecule has 0 aliphatic carbocycles. The molecule has 6 heteroatoms. The summed E-state index contributed by atoms with van der Waals surface area (Å²) in [7, 11) is 1.51. The number of hydrogen-bond acceptors (Lipinski definition) is 3. The number of carboxylic acids is 1. The third kappa shape index (κ3) is 2.63. The molecule has 1 heterocycles. The molecule has 0 spiro atoms. The number of hydrogen-bond donors (Lipinski definition) is 2. The summed E-state index contributed by atoms with van der Waals surface area (Å²) in [5, 5.41) is 8.81. The minimum absolute atomic E-state index is 0.231. The van der Waals surface area contributed by atoms with Crippen molar-refractivity contribution in [1.82, 2.24) is 9.80 Å². The average Bonchev–Trinajstić information content (AvgIpc) is 2.74. The highest BCUT2D eigenvalue weighted by molar-refractivity contribution is 5.82. The van der Waals surface area contributed by atoms with E-state index < -0.39 is 12.0 Å². The van der Waals surface area contributed by atoms with Crippen LogP contribution >= 0.6 is 0 Å². The predicted molar refractivity (Wildman–Crippen MR) is 59.0 cm³/mol. The second-order valence-electron chi connectivity index (χ2n) is 4.24. The second-order valence-corrected chi connectivity index (χ2v) is 4.24. The van der Waals surface area contributed by atoms with Crippen molar-refractivity contribution in [1.29, 1.82) is 0 Å². The van der Waals surface area contributed by atoms with Gasteiger partial charge in [0.25, 0.3) is 0 Å². The van der Waals surface area contributed by atoms with Gasteiger partial charge in [-0.2, -0.15) is 0 Å². The molecule has 1 aliphatic rings. The van der Waals surface area contributed by atoms with Gasteiger partial charge in [-0.15, -0.1) is 0 Å². The topological polar surface area (TPSA) is 86.9 Å². The van der Waals surface area contributed by atoms with E-state index in [9.17, 15) is 9.59 Å². The number of amides is 2. The Bertz CT molecular complexity index is 282. The molecule has 1 aliphatic heterocycles. The summed E-state index contributed by atoms with van der Waals surface area (Å²) in [6.45, 7) is 3.36. The van der Waals surface area contributed by atoms with E-state index >= 15 is 0 Å². The number of aliphatic carboxylic acids is 1. The highest BCUT2D eigenvalue weighted by atomic mass is 16.4. The van der Waals surface area contributed by atoms with Crippen molar-refractivity contribution in [2.75, 3.05) is 26.7 Å². The van der Waals surface area contributed by atoms with Crippen molar-refractivity contribution in [3.05, 3.63) is 0 Å². The lowest BCUT2D eigenvalue weighted by Gasteiger charge is -2.27. The van der Waals surface area contributed by atoms with E-state index in [0.29, 0.717) is 25.6 Å². The van der Waals surface area contributed by atoms with Crippen LogP contribution in [0.15, 0.2) is 0 Å². The van der Waals surface area contributed by atoms with Gasteiger partial charge < -0.3 is 20.6 Å². The molecule has 0 aromatic rings. The van der Waals surface area contributed by atoms with Crippen LogP contribution in [0, 0.1) is 5.92 Å². The van der Waals surface area contributed by atoms with Crippen molar-refractivity contribution in [3.63, 3.8) is 0 Å². The summed E-state index contributed by atoms with van der Waals surface area (Å²) in [6.07, 6.45) is 0.900. The molecule has 0 radical (unpaired) electrons. The van der Waals surface area contributed by atoms with Crippen LogP contribution in [0.25, 0.3) is 0 Å². The first-order valence-corrected chi connectivity index (χ1v) is 5.42. The first-order valence-electron chi connectivity index (χ1n) is 5.42. The first kappa shape index (κ1) is 12.8. The summed E-state index contributed by atoms with van der Waals surface area (Å²) in [6, 6.07) is -1.03. The van der Waals surface area contributed by atoms with Gasteiger partial charge in [0.2, 0.25) is 0 Å². The summed E-state index contributed by atoms with van der Waals surface area (Å²) in [5.74, 6) is -0.650. The van der Waals surface area contributed by atoms with E-state index in [-0.39, 0.29) is 6.03 Å². The van der Waals surface area contributed by atoms with Crippen molar-refractivity contribution in [2.24, 2.45) is 11.7 Å². The number of nitrogens with two attached hydrogens (primary N) is 1. The average molecular weight is 229 g/mol. The fourth-order valence-electron chi connectivity index (χ4n) is 1.75. The lowest BCUT2D eigenvalue weighted by Crippen LogP contribution is -2.47. The highest BCUT2D eigenvalue weighted by Gasteiger charge is 2.30. The maximum absolute atomic E-state index is 11.9. The summed E-state index contributed by atoms with van der Waals surface area (Å²) in [4.78, 5) is 25.6. The smallest absolute Gasteiger partial charge is 0.326 e. The van der Waals surface area contributed by atoms with Crippen LogP contribution in [0.3, 0.4) is 0 Å². The van der Waals surface area contributed by atoms with Crippen molar-refractivity contribution >= 4 is 12.0 Å². The highest BCUT2D eigenvalue weighted by Crippen LogP contribution is 2.16. The zero-order valence-corrected chi connectivity index (χ0v) is 9.72. The molecule has 2 atom stereocenters. The molecule has 1 saturated heterocycles. The number of likely N-dealkylation sites (N-methyl/N-ethyl adjacent to an activating group) is 1. The number of carboxylic acid groups (broad SMARTS) is 1. The Morgan fingerprint density at radius 1 is 1.62 bits per heavy atom. The number of carbonyl (C=O) groups excluding carboxylic acids is 1. The van der Waals surface area contributed by atoms with Crippen LogP contribution in [0.1, 0.15) is 13.3 Å². The molecule has 3 N–H and O–H groups in total. The van der Waals surface area contributed by atoms with Crippen molar-refractivity contribution in [2.45, 2.75) is 19.4 Å². The van der Waals surface area contributed by atoms with Gasteiger partial charge in [0.05, 0.1) is 0 Å². The molecule has 0 saturated carbocycles. The molecule has 2 unspecified atom stereocenters. The van der Waals surface area contributed by atoms with Gasteiger partial charge in [-0.25, -0.2) is 9.59 Å². The van der Waals surface area contributed by atoms with E-state index in [4.69, 9.17) is 10.8 Å². The lowest BCUT2D eigenvalue weighted by molar-refractivity contribution is -0.141. The van der Waals surface area contributed by atoms with Crippen LogP contribution in [0.2, 0.25) is 0 Å². The van der Waals surface area contributed by atoms with Crippen LogP contribution < -0.4 is 5.73 Å². The fraction of sp³-hybridized carbons (Fsp3) is 0.800. The molecule has 16 heavy (non-hydrogen) atoms. The maximum Gasteiger partial charge on any atom is 0.326 e. The van der Waals surface area contributed by atoms with Crippen molar-refractivity contribution in [3.8, 4) is 0 Å². The minimum Gasteiger partial charge on any atom is -0.480 e. The van der Waals surface area contributed by atoms with Gasteiger partial charge in [-0.1, -0.05) is 0 Å². The molecule has 0 bridgehead atoms. The van der Waals surface area contributed by atoms with Crippen LogP contribution in [0.4, 0.5) is 4.79 Å². The first-order chi connectivity index (χ1) is 7.47. The molecule has 0 aromatic heterocycles. The Kier molecular flexibility index (Phi) is 4.12. The van der Waals surface area contributed by atoms with Crippen LogP contribution in [-0.4, -0.2) is 59.6 Å². The van der Waals surface area contributed by atoms with Gasteiger partial charge in [-0.05, 0) is 25.8 Å². The van der Waals surface area contributed by atoms with Crippen molar-refractivity contribution < 1.29 is 14.7 Å². The minimum atomic E-state index is -0.995.